The van der Waals surface area contributed by atoms with Crippen LogP contribution in [0.15, 0.2) is 30.6 Å². The molecule has 1 aromatic carbocycles. The van der Waals surface area contributed by atoms with Gasteiger partial charge in [-0.05, 0) is 24.3 Å². The fourth-order valence-corrected chi connectivity index (χ4v) is 1.23. The second kappa shape index (κ2) is 5.76. The highest BCUT2D eigenvalue weighted by molar-refractivity contribution is 5.77. The van der Waals surface area contributed by atoms with Gasteiger partial charge in [-0.3, -0.25) is 9.89 Å². The van der Waals surface area contributed by atoms with Crippen LogP contribution in [0, 0.1) is 5.82 Å². The van der Waals surface area contributed by atoms with E-state index in [1.807, 2.05) is 0 Å². The molecule has 1 amide bonds. The Balaban J connectivity index is 1.73. The molecule has 0 radical (unpaired) electrons. The largest absolute Gasteiger partial charge is 0.484 e. The van der Waals surface area contributed by atoms with Crippen molar-refractivity contribution in [2.75, 3.05) is 6.61 Å². The molecule has 0 unspecified atom stereocenters. The summed E-state index contributed by atoms with van der Waals surface area (Å²) >= 11 is 0. The fraction of sp³-hybridized carbons (Fsp3) is 0.182. The van der Waals surface area contributed by atoms with Crippen molar-refractivity contribution >= 4 is 5.91 Å². The Bertz CT molecular complexity index is 498. The number of hydrogen-bond donors (Lipinski definition) is 2. The highest BCUT2D eigenvalue weighted by atomic mass is 19.1. The van der Waals surface area contributed by atoms with Crippen LogP contribution in [-0.2, 0) is 11.3 Å². The minimum absolute atomic E-state index is 0.139. The minimum atomic E-state index is -0.350. The fourth-order valence-electron chi connectivity index (χ4n) is 1.23. The van der Waals surface area contributed by atoms with Gasteiger partial charge in [0.25, 0.3) is 5.91 Å². The molecule has 0 spiro atoms. The van der Waals surface area contributed by atoms with Crippen LogP contribution in [0.3, 0.4) is 0 Å². The number of amides is 1. The topological polar surface area (TPSA) is 79.9 Å². The van der Waals surface area contributed by atoms with Gasteiger partial charge < -0.3 is 10.1 Å². The van der Waals surface area contributed by atoms with E-state index in [9.17, 15) is 9.18 Å². The van der Waals surface area contributed by atoms with E-state index in [4.69, 9.17) is 4.74 Å². The zero-order valence-corrected chi connectivity index (χ0v) is 9.39. The molecule has 6 nitrogen and oxygen atoms in total. The van der Waals surface area contributed by atoms with E-state index >= 15 is 0 Å². The summed E-state index contributed by atoms with van der Waals surface area (Å²) in [5.41, 5.74) is 0. The van der Waals surface area contributed by atoms with Crippen LogP contribution >= 0.6 is 0 Å². The van der Waals surface area contributed by atoms with Crippen molar-refractivity contribution in [2.24, 2.45) is 0 Å². The number of hydrogen-bond acceptors (Lipinski definition) is 4. The number of carbonyl (C=O) groups is 1. The van der Waals surface area contributed by atoms with Gasteiger partial charge in [-0.1, -0.05) is 0 Å². The molecule has 0 aliphatic heterocycles. The van der Waals surface area contributed by atoms with Gasteiger partial charge in [0.2, 0.25) is 0 Å². The smallest absolute Gasteiger partial charge is 0.258 e. The Morgan fingerprint density at radius 3 is 2.83 bits per heavy atom. The van der Waals surface area contributed by atoms with E-state index in [2.05, 4.69) is 20.5 Å². The van der Waals surface area contributed by atoms with Gasteiger partial charge >= 0.3 is 0 Å². The maximum Gasteiger partial charge on any atom is 0.258 e. The maximum absolute atomic E-state index is 12.6. The number of ether oxygens (including phenoxy) is 1. The van der Waals surface area contributed by atoms with E-state index in [1.165, 1.54) is 30.6 Å². The molecule has 0 saturated heterocycles. The lowest BCUT2D eigenvalue weighted by atomic mass is 10.3. The molecule has 94 valence electrons. The number of aromatic nitrogens is 3. The number of aromatic amines is 1. The first-order valence-electron chi connectivity index (χ1n) is 5.23. The van der Waals surface area contributed by atoms with Crippen molar-refractivity contribution in [1.29, 1.82) is 0 Å². The molecule has 0 bridgehead atoms. The average Bonchev–Trinajstić information content (AvgIpc) is 2.89. The molecule has 0 aliphatic carbocycles. The quantitative estimate of drug-likeness (QED) is 0.816. The molecule has 18 heavy (non-hydrogen) atoms. The lowest BCUT2D eigenvalue weighted by Gasteiger charge is -2.06. The maximum atomic E-state index is 12.6. The van der Waals surface area contributed by atoms with Crippen molar-refractivity contribution in [2.45, 2.75) is 6.54 Å². The average molecular weight is 250 g/mol. The van der Waals surface area contributed by atoms with Gasteiger partial charge in [0, 0.05) is 0 Å². The SMILES string of the molecule is O=C(COc1ccc(F)cc1)NCc1ncn[nH]1. The van der Waals surface area contributed by atoms with Crippen LogP contribution < -0.4 is 10.1 Å². The van der Waals surface area contributed by atoms with Crippen molar-refractivity contribution in [3.05, 3.63) is 42.2 Å². The molecule has 1 aromatic heterocycles. The van der Waals surface area contributed by atoms with E-state index in [0.29, 0.717) is 11.6 Å². The highest BCUT2D eigenvalue weighted by Gasteiger charge is 2.04. The second-order valence-corrected chi connectivity index (χ2v) is 3.45. The molecule has 0 aliphatic rings. The van der Waals surface area contributed by atoms with Gasteiger partial charge in [0.1, 0.15) is 23.7 Å². The summed E-state index contributed by atoms with van der Waals surface area (Å²) in [6.45, 7) is 0.116. The van der Waals surface area contributed by atoms with E-state index in [1.54, 1.807) is 0 Å². The summed E-state index contributed by atoms with van der Waals surface area (Å²) in [6.07, 6.45) is 1.36. The molecule has 2 N–H and O–H groups in total. The summed E-state index contributed by atoms with van der Waals surface area (Å²) in [7, 11) is 0. The van der Waals surface area contributed by atoms with Crippen LogP contribution in [0.4, 0.5) is 4.39 Å². The Morgan fingerprint density at radius 2 is 2.17 bits per heavy atom. The zero-order chi connectivity index (χ0) is 12.8. The highest BCUT2D eigenvalue weighted by Crippen LogP contribution is 2.10. The van der Waals surface area contributed by atoms with Gasteiger partial charge in [0.05, 0.1) is 6.54 Å². The summed E-state index contributed by atoms with van der Waals surface area (Å²) in [5, 5.41) is 8.86. The minimum Gasteiger partial charge on any atom is -0.484 e. The first kappa shape index (κ1) is 12.0. The lowest BCUT2D eigenvalue weighted by Crippen LogP contribution is -2.28. The summed E-state index contributed by atoms with van der Waals surface area (Å²) < 4.78 is 17.8. The number of halogens is 1. The van der Waals surface area contributed by atoms with Crippen LogP contribution in [0.5, 0.6) is 5.75 Å². The van der Waals surface area contributed by atoms with E-state index in [-0.39, 0.29) is 24.9 Å². The standard InChI is InChI=1S/C11H11FN4O2/c12-8-1-3-9(4-2-8)18-6-11(17)13-5-10-14-7-15-16-10/h1-4,7H,5-6H2,(H,13,17)(H,14,15,16). The molecular weight excluding hydrogens is 239 g/mol. The second-order valence-electron chi connectivity index (χ2n) is 3.45. The molecule has 0 fully saturated rings. The van der Waals surface area contributed by atoms with Gasteiger partial charge in [-0.15, -0.1) is 0 Å². The number of nitrogens with zero attached hydrogens (tertiary/aromatic N) is 2. The number of H-pyrrole nitrogens is 1. The monoisotopic (exact) mass is 250 g/mol. The lowest BCUT2D eigenvalue weighted by molar-refractivity contribution is -0.123. The van der Waals surface area contributed by atoms with Crippen molar-refractivity contribution < 1.29 is 13.9 Å². The summed E-state index contributed by atoms with van der Waals surface area (Å²) in [6, 6.07) is 5.45. The summed E-state index contributed by atoms with van der Waals surface area (Å²) in [5.74, 6) is 0.351. The molecule has 0 atom stereocenters. The van der Waals surface area contributed by atoms with Crippen LogP contribution in [0.1, 0.15) is 5.82 Å². The van der Waals surface area contributed by atoms with E-state index in [0.717, 1.165) is 0 Å². The van der Waals surface area contributed by atoms with Gasteiger partial charge in [0.15, 0.2) is 6.61 Å². The number of nitrogens with one attached hydrogen (secondary N) is 2. The van der Waals surface area contributed by atoms with E-state index < -0.39 is 0 Å². The molecule has 1 heterocycles. The van der Waals surface area contributed by atoms with Crippen molar-refractivity contribution in [3.63, 3.8) is 0 Å². The molecule has 2 aromatic rings. The third-order valence-electron chi connectivity index (χ3n) is 2.10. The van der Waals surface area contributed by atoms with Crippen LogP contribution in [-0.4, -0.2) is 27.7 Å². The molecule has 0 saturated carbocycles. The molecule has 7 heteroatoms. The number of benzene rings is 1. The first-order chi connectivity index (χ1) is 8.74. The number of rotatable bonds is 5. The summed E-state index contributed by atoms with van der Waals surface area (Å²) in [4.78, 5) is 15.3. The Morgan fingerprint density at radius 1 is 1.39 bits per heavy atom. The third-order valence-corrected chi connectivity index (χ3v) is 2.10. The predicted octanol–water partition coefficient (Wildman–Crippen LogP) is 0.639. The Hall–Kier alpha value is -2.44. The van der Waals surface area contributed by atoms with Crippen molar-refractivity contribution in [3.8, 4) is 5.75 Å². The Labute approximate surface area is 102 Å². The van der Waals surface area contributed by atoms with Crippen LogP contribution in [0.2, 0.25) is 0 Å². The number of carbonyl (C=O) groups excluding carboxylic acids is 1. The first-order valence-corrected chi connectivity index (χ1v) is 5.23. The van der Waals surface area contributed by atoms with Crippen LogP contribution in [0.25, 0.3) is 0 Å². The Kier molecular flexibility index (Phi) is 3.85. The normalized spacial score (nSPS) is 10.1. The van der Waals surface area contributed by atoms with Gasteiger partial charge in [-0.2, -0.15) is 5.10 Å². The molecule has 2 rings (SSSR count). The molecular formula is C11H11FN4O2. The predicted molar refractivity (Wildman–Crippen MR) is 60.1 cm³/mol. The van der Waals surface area contributed by atoms with Gasteiger partial charge in [-0.25, -0.2) is 9.37 Å². The zero-order valence-electron chi connectivity index (χ0n) is 9.39. The third kappa shape index (κ3) is 3.55. The van der Waals surface area contributed by atoms with Crippen molar-refractivity contribution in [1.82, 2.24) is 20.5 Å².